The average molecular weight is 263 g/mol. The number of carbonyl (C=O) groups is 1. The second-order valence-corrected chi connectivity index (χ2v) is 5.91. The molecule has 3 rings (SSSR count). The summed E-state index contributed by atoms with van der Waals surface area (Å²) in [6.45, 7) is 1.48. The molecule has 2 saturated heterocycles. The van der Waals surface area contributed by atoms with Crippen LogP contribution in [0.25, 0.3) is 0 Å². The molecule has 2 heterocycles. The van der Waals surface area contributed by atoms with E-state index in [0.29, 0.717) is 17.9 Å². The van der Waals surface area contributed by atoms with E-state index in [0.717, 1.165) is 38.9 Å². The highest BCUT2D eigenvalue weighted by Crippen LogP contribution is 2.48. The maximum atomic E-state index is 12.8. The molecular formula is C14H21N3O2. The van der Waals surface area contributed by atoms with Crippen LogP contribution < -0.4 is 5.32 Å². The summed E-state index contributed by atoms with van der Waals surface area (Å²) in [5.41, 5.74) is 0. The van der Waals surface area contributed by atoms with Crippen LogP contribution >= 0.6 is 0 Å². The number of nitriles is 1. The molecule has 104 valence electrons. The second kappa shape index (κ2) is 5.10. The SMILES string of the molecule is CN[C@H](C(=O)N1C(C#N)CC2C[C@@H]21)C1CCOCC1. The van der Waals surface area contributed by atoms with Crippen molar-refractivity contribution in [3.63, 3.8) is 0 Å². The molecule has 0 spiro atoms. The first-order valence-electron chi connectivity index (χ1n) is 7.23. The second-order valence-electron chi connectivity index (χ2n) is 5.91. The minimum Gasteiger partial charge on any atom is -0.381 e. The van der Waals surface area contributed by atoms with Crippen molar-refractivity contribution in [3.05, 3.63) is 0 Å². The zero-order valence-corrected chi connectivity index (χ0v) is 11.3. The molecular weight excluding hydrogens is 242 g/mol. The van der Waals surface area contributed by atoms with Gasteiger partial charge in [0.1, 0.15) is 6.04 Å². The molecule has 0 bridgehead atoms. The number of likely N-dealkylation sites (N-methyl/N-ethyl adjacent to an activating group) is 1. The lowest BCUT2D eigenvalue weighted by Crippen LogP contribution is -2.52. The van der Waals surface area contributed by atoms with Gasteiger partial charge in [0, 0.05) is 19.3 Å². The number of likely N-dealkylation sites (tertiary alicyclic amines) is 1. The molecule has 1 aliphatic carbocycles. The Morgan fingerprint density at radius 1 is 1.42 bits per heavy atom. The van der Waals surface area contributed by atoms with Crippen LogP contribution in [0.2, 0.25) is 0 Å². The quantitative estimate of drug-likeness (QED) is 0.806. The van der Waals surface area contributed by atoms with Gasteiger partial charge in [0.05, 0.1) is 12.1 Å². The molecule has 3 fully saturated rings. The lowest BCUT2D eigenvalue weighted by molar-refractivity contribution is -0.136. The van der Waals surface area contributed by atoms with E-state index in [1.54, 1.807) is 0 Å². The molecule has 0 aromatic carbocycles. The highest BCUT2D eigenvalue weighted by atomic mass is 16.5. The number of rotatable bonds is 3. The van der Waals surface area contributed by atoms with Crippen molar-refractivity contribution in [2.45, 2.75) is 43.8 Å². The summed E-state index contributed by atoms with van der Waals surface area (Å²) < 4.78 is 5.37. The number of nitrogens with zero attached hydrogens (tertiary/aromatic N) is 2. The Kier molecular flexibility index (Phi) is 3.46. The highest BCUT2D eigenvalue weighted by Gasteiger charge is 2.55. The van der Waals surface area contributed by atoms with E-state index in [9.17, 15) is 10.1 Å². The van der Waals surface area contributed by atoms with E-state index in [1.165, 1.54) is 0 Å². The van der Waals surface area contributed by atoms with Crippen molar-refractivity contribution in [2.24, 2.45) is 11.8 Å². The Morgan fingerprint density at radius 2 is 2.16 bits per heavy atom. The van der Waals surface area contributed by atoms with Crippen LogP contribution in [0.5, 0.6) is 0 Å². The van der Waals surface area contributed by atoms with Crippen LogP contribution in [-0.2, 0) is 9.53 Å². The van der Waals surface area contributed by atoms with E-state index in [-0.39, 0.29) is 18.0 Å². The number of hydrogen-bond donors (Lipinski definition) is 1. The van der Waals surface area contributed by atoms with Gasteiger partial charge in [-0.2, -0.15) is 5.26 Å². The number of hydrogen-bond acceptors (Lipinski definition) is 4. The fourth-order valence-electron chi connectivity index (χ4n) is 3.66. The lowest BCUT2D eigenvalue weighted by Gasteiger charge is -2.33. The highest BCUT2D eigenvalue weighted by molar-refractivity contribution is 5.84. The molecule has 0 aromatic rings. The van der Waals surface area contributed by atoms with E-state index in [2.05, 4.69) is 11.4 Å². The summed E-state index contributed by atoms with van der Waals surface area (Å²) in [7, 11) is 1.85. The van der Waals surface area contributed by atoms with Crippen molar-refractivity contribution in [3.8, 4) is 6.07 Å². The third kappa shape index (κ3) is 2.24. The molecule has 1 amide bonds. The summed E-state index contributed by atoms with van der Waals surface area (Å²) in [5.74, 6) is 1.05. The Bertz CT molecular complexity index is 400. The van der Waals surface area contributed by atoms with Gasteiger partial charge in [0.15, 0.2) is 0 Å². The average Bonchev–Trinajstić information content (AvgIpc) is 3.11. The van der Waals surface area contributed by atoms with Crippen LogP contribution in [0.4, 0.5) is 0 Å². The van der Waals surface area contributed by atoms with Crippen LogP contribution in [0.3, 0.4) is 0 Å². The fraction of sp³-hybridized carbons (Fsp3) is 0.857. The summed E-state index contributed by atoms with van der Waals surface area (Å²) in [4.78, 5) is 14.6. The maximum absolute atomic E-state index is 12.8. The number of fused-ring (bicyclic) bond motifs is 1. The molecule has 19 heavy (non-hydrogen) atoms. The normalized spacial score (nSPS) is 35.6. The minimum atomic E-state index is -0.202. The number of ether oxygens (including phenoxy) is 1. The number of nitrogens with one attached hydrogen (secondary N) is 1. The van der Waals surface area contributed by atoms with Crippen molar-refractivity contribution in [1.82, 2.24) is 10.2 Å². The van der Waals surface area contributed by atoms with E-state index >= 15 is 0 Å². The standard InChI is InChI=1S/C14H21N3O2/c1-16-13(9-2-4-19-5-3-9)14(18)17-11(8-15)6-10-7-12(10)17/h9-13,16H,2-7H2,1H3/t10?,11?,12-,13-/m0/s1. The van der Waals surface area contributed by atoms with Crippen molar-refractivity contribution in [2.75, 3.05) is 20.3 Å². The lowest BCUT2D eigenvalue weighted by atomic mass is 9.90. The van der Waals surface area contributed by atoms with Gasteiger partial charge in [-0.3, -0.25) is 4.79 Å². The van der Waals surface area contributed by atoms with Gasteiger partial charge in [-0.25, -0.2) is 0 Å². The molecule has 0 radical (unpaired) electrons. The Labute approximate surface area is 113 Å². The molecule has 2 aliphatic heterocycles. The van der Waals surface area contributed by atoms with Crippen LogP contribution in [0.15, 0.2) is 0 Å². The summed E-state index contributed by atoms with van der Waals surface area (Å²) in [5, 5.41) is 12.4. The van der Waals surface area contributed by atoms with Gasteiger partial charge >= 0.3 is 0 Å². The van der Waals surface area contributed by atoms with Crippen LogP contribution in [0.1, 0.15) is 25.7 Å². The Hall–Kier alpha value is -1.12. The maximum Gasteiger partial charge on any atom is 0.241 e. The molecule has 1 N–H and O–H groups in total. The smallest absolute Gasteiger partial charge is 0.241 e. The predicted octanol–water partition coefficient (Wildman–Crippen LogP) is 0.514. The van der Waals surface area contributed by atoms with Gasteiger partial charge in [0.25, 0.3) is 0 Å². The number of carbonyl (C=O) groups excluding carboxylic acids is 1. The summed E-state index contributed by atoms with van der Waals surface area (Å²) in [6, 6.07) is 2.28. The molecule has 1 saturated carbocycles. The Morgan fingerprint density at radius 3 is 2.79 bits per heavy atom. The first-order valence-corrected chi connectivity index (χ1v) is 7.23. The summed E-state index contributed by atoms with van der Waals surface area (Å²) in [6.07, 6.45) is 3.82. The zero-order valence-electron chi connectivity index (χ0n) is 11.3. The van der Waals surface area contributed by atoms with Gasteiger partial charge in [0.2, 0.25) is 5.91 Å². The van der Waals surface area contributed by atoms with E-state index < -0.39 is 0 Å². The van der Waals surface area contributed by atoms with Crippen LogP contribution in [-0.4, -0.2) is 49.2 Å². The molecule has 0 aromatic heterocycles. The number of piperidine rings is 1. The van der Waals surface area contributed by atoms with Crippen LogP contribution in [0, 0.1) is 23.2 Å². The first-order chi connectivity index (χ1) is 9.26. The molecule has 5 heteroatoms. The number of amides is 1. The van der Waals surface area contributed by atoms with Gasteiger partial charge in [-0.15, -0.1) is 0 Å². The van der Waals surface area contributed by atoms with Crippen molar-refractivity contribution >= 4 is 5.91 Å². The first kappa shape index (κ1) is 12.9. The van der Waals surface area contributed by atoms with E-state index in [1.807, 2.05) is 11.9 Å². The van der Waals surface area contributed by atoms with E-state index in [4.69, 9.17) is 4.74 Å². The summed E-state index contributed by atoms with van der Waals surface area (Å²) >= 11 is 0. The molecule has 5 nitrogen and oxygen atoms in total. The molecule has 2 unspecified atom stereocenters. The van der Waals surface area contributed by atoms with Gasteiger partial charge < -0.3 is 15.0 Å². The zero-order chi connectivity index (χ0) is 13.4. The Balaban J connectivity index is 1.72. The topological polar surface area (TPSA) is 65.4 Å². The predicted molar refractivity (Wildman–Crippen MR) is 69.1 cm³/mol. The van der Waals surface area contributed by atoms with Crippen molar-refractivity contribution in [1.29, 1.82) is 5.26 Å². The molecule has 3 aliphatic rings. The third-order valence-electron chi connectivity index (χ3n) is 4.82. The third-order valence-corrected chi connectivity index (χ3v) is 4.82. The van der Waals surface area contributed by atoms with Gasteiger partial charge in [-0.05, 0) is 44.6 Å². The van der Waals surface area contributed by atoms with Crippen molar-refractivity contribution < 1.29 is 9.53 Å². The monoisotopic (exact) mass is 263 g/mol. The minimum absolute atomic E-state index is 0.131. The largest absolute Gasteiger partial charge is 0.381 e. The fourth-order valence-corrected chi connectivity index (χ4v) is 3.66. The van der Waals surface area contributed by atoms with Gasteiger partial charge in [-0.1, -0.05) is 0 Å². The molecule has 4 atom stereocenters.